The van der Waals surface area contributed by atoms with Gasteiger partial charge in [0, 0.05) is 11.8 Å². The molecule has 0 amide bonds. The molecule has 4 rings (SSSR count). The maximum Gasteiger partial charge on any atom is 0.137 e. The van der Waals surface area contributed by atoms with Crippen LogP contribution in [0.15, 0.2) is 53.5 Å². The van der Waals surface area contributed by atoms with E-state index in [2.05, 4.69) is 38.6 Å². The van der Waals surface area contributed by atoms with Gasteiger partial charge >= 0.3 is 0 Å². The van der Waals surface area contributed by atoms with E-state index >= 15 is 0 Å². The molecule has 0 fully saturated rings. The van der Waals surface area contributed by atoms with E-state index in [1.54, 1.807) is 19.5 Å². The van der Waals surface area contributed by atoms with E-state index < -0.39 is 0 Å². The first-order valence-electron chi connectivity index (χ1n) is 7.54. The number of nitrogens with zero attached hydrogens (tertiary/aromatic N) is 4. The number of methoxy groups -OCH3 is 1. The number of imidazole rings is 1. The molecule has 116 valence electrons. The summed E-state index contributed by atoms with van der Waals surface area (Å²) >= 11 is 0. The lowest BCUT2D eigenvalue weighted by Gasteiger charge is -2.08. The van der Waals surface area contributed by atoms with E-state index in [0.29, 0.717) is 0 Å². The molecule has 2 aromatic rings. The Kier molecular flexibility index (Phi) is 3.42. The topological polar surface area (TPSA) is 64.3 Å². The Bertz CT molecular complexity index is 831. The minimum atomic E-state index is 0.720. The van der Waals surface area contributed by atoms with Crippen LogP contribution in [0.2, 0.25) is 0 Å². The van der Waals surface area contributed by atoms with Gasteiger partial charge < -0.3 is 4.74 Å². The number of rotatable bonds is 4. The largest absolute Gasteiger partial charge is 0.495 e. The van der Waals surface area contributed by atoms with Crippen molar-refractivity contribution in [1.82, 2.24) is 14.6 Å². The molecule has 6 heteroatoms. The second-order valence-corrected chi connectivity index (χ2v) is 5.52. The van der Waals surface area contributed by atoms with Crippen molar-refractivity contribution >= 4 is 5.84 Å². The van der Waals surface area contributed by atoms with Gasteiger partial charge in [0.15, 0.2) is 0 Å². The number of hydrogen-bond donors (Lipinski definition) is 1. The van der Waals surface area contributed by atoms with E-state index in [9.17, 15) is 0 Å². The van der Waals surface area contributed by atoms with Gasteiger partial charge in [0.2, 0.25) is 0 Å². The van der Waals surface area contributed by atoms with Crippen molar-refractivity contribution in [1.29, 1.82) is 0 Å². The summed E-state index contributed by atoms with van der Waals surface area (Å²) in [6.07, 6.45) is 13.4. The maximum absolute atomic E-state index is 5.24. The van der Waals surface area contributed by atoms with Crippen LogP contribution in [0.3, 0.4) is 0 Å². The van der Waals surface area contributed by atoms with E-state index in [4.69, 9.17) is 4.74 Å². The van der Waals surface area contributed by atoms with Crippen molar-refractivity contribution < 1.29 is 4.74 Å². The van der Waals surface area contributed by atoms with Crippen molar-refractivity contribution in [3.8, 4) is 17.0 Å². The van der Waals surface area contributed by atoms with Gasteiger partial charge in [-0.1, -0.05) is 18.2 Å². The highest BCUT2D eigenvalue weighted by Gasteiger charge is 2.21. The standard InChI is InChI=1S/C17H17N5O/c1-23-14-6-13(9-18-10-14)15-11-20-17-7-16(21-22(15)17)19-8-12-4-2-3-5-12/h2-4,6,9-11H,5,7-8H2,1H3,(H,19,21). The van der Waals surface area contributed by atoms with Gasteiger partial charge in [-0.15, -0.1) is 0 Å². The number of aromatic nitrogens is 3. The number of allylic oxidation sites excluding steroid dienone is 3. The van der Waals surface area contributed by atoms with Crippen LogP contribution in [-0.4, -0.2) is 34.1 Å². The average Bonchev–Trinajstić information content (AvgIpc) is 3.29. The summed E-state index contributed by atoms with van der Waals surface area (Å²) in [6, 6.07) is 1.95. The SMILES string of the molecule is COc1cncc(-c2cnc3n2NC(=NCC2=CC=CC2)C3)c1. The number of hydrogen-bond acceptors (Lipinski definition) is 4. The van der Waals surface area contributed by atoms with Crippen LogP contribution >= 0.6 is 0 Å². The Morgan fingerprint density at radius 1 is 1.35 bits per heavy atom. The molecule has 1 aliphatic heterocycles. The van der Waals surface area contributed by atoms with Crippen LogP contribution in [0.4, 0.5) is 0 Å². The molecule has 0 saturated heterocycles. The fourth-order valence-corrected chi connectivity index (χ4v) is 2.73. The van der Waals surface area contributed by atoms with E-state index in [1.807, 2.05) is 16.9 Å². The molecule has 0 radical (unpaired) electrons. The Morgan fingerprint density at radius 3 is 3.13 bits per heavy atom. The second-order valence-electron chi connectivity index (χ2n) is 5.52. The molecular weight excluding hydrogens is 290 g/mol. The normalized spacial score (nSPS) is 17.3. The molecule has 0 atom stereocenters. The molecule has 0 unspecified atom stereocenters. The summed E-state index contributed by atoms with van der Waals surface area (Å²) in [7, 11) is 1.64. The van der Waals surface area contributed by atoms with Gasteiger partial charge in [0.25, 0.3) is 0 Å². The first-order chi connectivity index (χ1) is 11.3. The lowest BCUT2D eigenvalue weighted by molar-refractivity contribution is 0.413. The smallest absolute Gasteiger partial charge is 0.137 e. The molecule has 0 bridgehead atoms. The number of nitrogens with one attached hydrogen (secondary N) is 1. The first-order valence-corrected chi connectivity index (χ1v) is 7.54. The van der Waals surface area contributed by atoms with Gasteiger partial charge in [-0.25, -0.2) is 9.66 Å². The second kappa shape index (κ2) is 5.72. The van der Waals surface area contributed by atoms with Gasteiger partial charge in [-0.05, 0) is 18.1 Å². The minimum absolute atomic E-state index is 0.720. The molecule has 2 aromatic heterocycles. The van der Waals surface area contributed by atoms with Crippen molar-refractivity contribution in [2.75, 3.05) is 19.1 Å². The lowest BCUT2D eigenvalue weighted by Crippen LogP contribution is -2.16. The third-order valence-corrected chi connectivity index (χ3v) is 3.97. The monoisotopic (exact) mass is 307 g/mol. The molecule has 3 heterocycles. The highest BCUT2D eigenvalue weighted by atomic mass is 16.5. The quantitative estimate of drug-likeness (QED) is 0.941. The number of aliphatic imine (C=N–C) groups is 1. The third-order valence-electron chi connectivity index (χ3n) is 3.97. The first kappa shape index (κ1) is 13.8. The number of ether oxygens (including phenoxy) is 1. The van der Waals surface area contributed by atoms with Crippen LogP contribution < -0.4 is 10.2 Å². The zero-order valence-corrected chi connectivity index (χ0v) is 12.9. The predicted octanol–water partition coefficient (Wildman–Crippen LogP) is 2.34. The van der Waals surface area contributed by atoms with Gasteiger partial charge in [-0.3, -0.25) is 15.4 Å². The van der Waals surface area contributed by atoms with E-state index in [1.165, 1.54) is 5.57 Å². The number of fused-ring (bicyclic) bond motifs is 1. The number of pyridine rings is 1. The molecule has 1 aliphatic carbocycles. The van der Waals surface area contributed by atoms with Crippen LogP contribution in [0.5, 0.6) is 5.75 Å². The highest BCUT2D eigenvalue weighted by molar-refractivity contribution is 5.94. The predicted molar refractivity (Wildman–Crippen MR) is 89.2 cm³/mol. The average molecular weight is 307 g/mol. The summed E-state index contributed by atoms with van der Waals surface area (Å²) in [5, 5.41) is 0. The van der Waals surface area contributed by atoms with Crippen LogP contribution in [0.25, 0.3) is 11.3 Å². The molecule has 0 saturated carbocycles. The summed E-state index contributed by atoms with van der Waals surface area (Å²) < 4.78 is 7.21. The molecule has 2 aliphatic rings. The summed E-state index contributed by atoms with van der Waals surface area (Å²) in [4.78, 5) is 13.3. The molecule has 6 nitrogen and oxygen atoms in total. The highest BCUT2D eigenvalue weighted by Crippen LogP contribution is 2.25. The van der Waals surface area contributed by atoms with Crippen molar-refractivity contribution in [3.63, 3.8) is 0 Å². The van der Waals surface area contributed by atoms with Crippen LogP contribution in [0, 0.1) is 0 Å². The molecule has 0 spiro atoms. The van der Waals surface area contributed by atoms with E-state index in [-0.39, 0.29) is 0 Å². The zero-order chi connectivity index (χ0) is 15.6. The van der Waals surface area contributed by atoms with Crippen molar-refractivity contribution in [3.05, 3.63) is 54.3 Å². The Balaban J connectivity index is 1.55. The molecule has 0 aromatic carbocycles. The van der Waals surface area contributed by atoms with Gasteiger partial charge in [0.05, 0.1) is 38.2 Å². The molecular formula is C17H17N5O. The Hall–Kier alpha value is -2.89. The zero-order valence-electron chi connectivity index (χ0n) is 12.9. The number of amidine groups is 1. The van der Waals surface area contributed by atoms with Crippen molar-refractivity contribution in [2.24, 2.45) is 4.99 Å². The fraction of sp³-hybridized carbons (Fsp3) is 0.235. The van der Waals surface area contributed by atoms with E-state index in [0.717, 1.165) is 48.1 Å². The molecule has 23 heavy (non-hydrogen) atoms. The third kappa shape index (κ3) is 2.63. The Labute approximate surface area is 134 Å². The van der Waals surface area contributed by atoms with Crippen LogP contribution in [0.1, 0.15) is 12.2 Å². The summed E-state index contributed by atoms with van der Waals surface area (Å²) in [5.74, 6) is 2.63. The Morgan fingerprint density at radius 2 is 2.30 bits per heavy atom. The summed E-state index contributed by atoms with van der Waals surface area (Å²) in [5.41, 5.74) is 6.58. The minimum Gasteiger partial charge on any atom is -0.495 e. The van der Waals surface area contributed by atoms with Crippen molar-refractivity contribution in [2.45, 2.75) is 12.8 Å². The van der Waals surface area contributed by atoms with Crippen LogP contribution in [-0.2, 0) is 6.42 Å². The van der Waals surface area contributed by atoms with Gasteiger partial charge in [0.1, 0.15) is 17.4 Å². The molecule has 1 N–H and O–H groups in total. The lowest BCUT2D eigenvalue weighted by atomic mass is 10.2. The fourth-order valence-electron chi connectivity index (χ4n) is 2.73. The summed E-state index contributed by atoms with van der Waals surface area (Å²) in [6.45, 7) is 0.732. The van der Waals surface area contributed by atoms with Gasteiger partial charge in [-0.2, -0.15) is 0 Å². The maximum atomic E-state index is 5.24.